The molecule has 0 aromatic heterocycles. The number of halogens is 2. The molecule has 0 saturated heterocycles. The predicted octanol–water partition coefficient (Wildman–Crippen LogP) is 4.06. The normalized spacial score (nSPS) is 10.6. The fourth-order valence-corrected chi connectivity index (χ4v) is 1.89. The summed E-state index contributed by atoms with van der Waals surface area (Å²) in [5, 5.41) is 5.33. The summed E-state index contributed by atoms with van der Waals surface area (Å²) in [5.74, 6) is -0.285. The fourth-order valence-electron chi connectivity index (χ4n) is 1.62. The zero-order chi connectivity index (χ0) is 15.1. The molecule has 0 unspecified atom stereocenters. The summed E-state index contributed by atoms with van der Waals surface area (Å²) in [4.78, 5) is 11.6. The van der Waals surface area contributed by atoms with E-state index in [0.29, 0.717) is 6.54 Å². The number of nitrogens with one attached hydrogen (secondary N) is 2. The number of rotatable bonds is 4. The molecule has 0 aliphatic heterocycles. The van der Waals surface area contributed by atoms with E-state index in [1.54, 1.807) is 18.2 Å². The van der Waals surface area contributed by atoms with Crippen LogP contribution in [-0.4, -0.2) is 6.03 Å². The summed E-state index contributed by atoms with van der Waals surface area (Å²) in [6.45, 7) is 0.448. The Morgan fingerprint density at radius 2 is 1.76 bits per heavy atom. The van der Waals surface area contributed by atoms with Crippen LogP contribution in [0.1, 0.15) is 11.1 Å². The van der Waals surface area contributed by atoms with Crippen molar-refractivity contribution in [1.29, 1.82) is 0 Å². The molecule has 0 spiro atoms. The quantitative estimate of drug-likeness (QED) is 0.859. The van der Waals surface area contributed by atoms with Gasteiger partial charge in [0.05, 0.1) is 0 Å². The van der Waals surface area contributed by atoms with Gasteiger partial charge < -0.3 is 10.6 Å². The molecule has 0 bridgehead atoms. The van der Waals surface area contributed by atoms with Crippen LogP contribution in [-0.2, 0) is 6.54 Å². The van der Waals surface area contributed by atoms with Gasteiger partial charge in [-0.1, -0.05) is 40.2 Å². The van der Waals surface area contributed by atoms with Crippen LogP contribution in [0, 0.1) is 5.82 Å². The van der Waals surface area contributed by atoms with Gasteiger partial charge in [-0.25, -0.2) is 9.18 Å². The maximum atomic E-state index is 12.7. The van der Waals surface area contributed by atoms with Crippen molar-refractivity contribution in [2.24, 2.45) is 0 Å². The van der Waals surface area contributed by atoms with Crippen molar-refractivity contribution in [2.75, 3.05) is 0 Å². The van der Waals surface area contributed by atoms with Crippen LogP contribution < -0.4 is 10.6 Å². The van der Waals surface area contributed by atoms with Gasteiger partial charge in [0.2, 0.25) is 0 Å². The highest BCUT2D eigenvalue weighted by Gasteiger charge is 1.98. The number of carbonyl (C=O) groups excluding carboxylic acids is 1. The molecule has 0 aliphatic rings. The molecule has 2 amide bonds. The van der Waals surface area contributed by atoms with Crippen LogP contribution in [0.25, 0.3) is 6.08 Å². The van der Waals surface area contributed by atoms with Gasteiger partial charge in [0.25, 0.3) is 0 Å². The number of hydrogen-bond acceptors (Lipinski definition) is 1. The second kappa shape index (κ2) is 7.59. The zero-order valence-corrected chi connectivity index (χ0v) is 12.7. The van der Waals surface area contributed by atoms with Gasteiger partial charge in [-0.15, -0.1) is 0 Å². The van der Waals surface area contributed by atoms with Crippen LogP contribution >= 0.6 is 15.9 Å². The Morgan fingerprint density at radius 1 is 1.10 bits per heavy atom. The lowest BCUT2D eigenvalue weighted by Gasteiger charge is -2.04. The molecule has 2 aromatic carbocycles. The van der Waals surface area contributed by atoms with E-state index < -0.39 is 0 Å². The van der Waals surface area contributed by atoms with E-state index in [1.807, 2.05) is 24.3 Å². The first-order valence-corrected chi connectivity index (χ1v) is 7.14. The van der Waals surface area contributed by atoms with Crippen LogP contribution in [0.4, 0.5) is 9.18 Å². The molecular weight excluding hydrogens is 335 g/mol. The number of hydrogen-bond donors (Lipinski definition) is 2. The summed E-state index contributed by atoms with van der Waals surface area (Å²) in [7, 11) is 0. The summed E-state index contributed by atoms with van der Waals surface area (Å²) < 4.78 is 13.7. The van der Waals surface area contributed by atoms with E-state index in [2.05, 4.69) is 26.6 Å². The SMILES string of the molecule is O=C(N/C=C/c1ccc(F)cc1)NCc1ccc(Br)cc1. The number of benzene rings is 2. The lowest BCUT2D eigenvalue weighted by atomic mass is 10.2. The molecule has 2 rings (SSSR count). The van der Waals surface area contributed by atoms with Crippen LogP contribution in [0.3, 0.4) is 0 Å². The van der Waals surface area contributed by atoms with Crippen LogP contribution in [0.5, 0.6) is 0 Å². The third kappa shape index (κ3) is 5.39. The summed E-state index contributed by atoms with van der Waals surface area (Å²) >= 11 is 3.35. The van der Waals surface area contributed by atoms with Gasteiger partial charge in [0.1, 0.15) is 5.82 Å². The number of urea groups is 1. The van der Waals surface area contributed by atoms with Crippen molar-refractivity contribution < 1.29 is 9.18 Å². The average Bonchev–Trinajstić information content (AvgIpc) is 2.49. The van der Waals surface area contributed by atoms with Crippen LogP contribution in [0.15, 0.2) is 59.2 Å². The van der Waals surface area contributed by atoms with E-state index in [-0.39, 0.29) is 11.8 Å². The summed E-state index contributed by atoms with van der Waals surface area (Å²) in [5.41, 5.74) is 1.82. The van der Waals surface area contributed by atoms with Crippen molar-refractivity contribution in [2.45, 2.75) is 6.54 Å². The number of amides is 2. The largest absolute Gasteiger partial charge is 0.334 e. The Morgan fingerprint density at radius 3 is 2.43 bits per heavy atom. The maximum absolute atomic E-state index is 12.7. The van der Waals surface area contributed by atoms with Crippen molar-refractivity contribution >= 4 is 28.0 Å². The predicted molar refractivity (Wildman–Crippen MR) is 84.9 cm³/mol. The molecule has 0 aliphatic carbocycles. The van der Waals surface area contributed by atoms with Crippen molar-refractivity contribution in [3.63, 3.8) is 0 Å². The molecule has 0 radical (unpaired) electrons. The van der Waals surface area contributed by atoms with E-state index in [0.717, 1.165) is 15.6 Å². The molecule has 21 heavy (non-hydrogen) atoms. The molecule has 5 heteroatoms. The second-order valence-electron chi connectivity index (χ2n) is 4.34. The van der Waals surface area contributed by atoms with E-state index >= 15 is 0 Å². The van der Waals surface area contributed by atoms with Gasteiger partial charge in [-0.05, 0) is 41.5 Å². The van der Waals surface area contributed by atoms with E-state index in [9.17, 15) is 9.18 Å². The smallest absolute Gasteiger partial charge is 0.319 e. The molecule has 0 saturated carbocycles. The van der Waals surface area contributed by atoms with Gasteiger partial charge >= 0.3 is 6.03 Å². The highest BCUT2D eigenvalue weighted by atomic mass is 79.9. The zero-order valence-electron chi connectivity index (χ0n) is 11.1. The summed E-state index contributed by atoms with van der Waals surface area (Å²) in [6.07, 6.45) is 3.21. The standard InChI is InChI=1S/C16H14BrFN2O/c17-14-5-1-13(2-6-14)11-20-16(21)19-10-9-12-3-7-15(18)8-4-12/h1-10H,11H2,(H2,19,20,21)/b10-9+. The molecular formula is C16H14BrFN2O. The lowest BCUT2D eigenvalue weighted by Crippen LogP contribution is -2.31. The Bertz CT molecular complexity index is 624. The minimum Gasteiger partial charge on any atom is -0.334 e. The first kappa shape index (κ1) is 15.3. The minimum absolute atomic E-state index is 0.285. The monoisotopic (exact) mass is 348 g/mol. The van der Waals surface area contributed by atoms with Gasteiger partial charge in [0.15, 0.2) is 0 Å². The molecule has 0 heterocycles. The molecule has 0 atom stereocenters. The first-order chi connectivity index (χ1) is 10.1. The van der Waals surface area contributed by atoms with E-state index in [1.165, 1.54) is 18.3 Å². The highest BCUT2D eigenvalue weighted by Crippen LogP contribution is 2.10. The third-order valence-corrected chi connectivity index (χ3v) is 3.26. The van der Waals surface area contributed by atoms with Crippen LogP contribution in [0.2, 0.25) is 0 Å². The lowest BCUT2D eigenvalue weighted by molar-refractivity contribution is 0.244. The van der Waals surface area contributed by atoms with Gasteiger partial charge in [-0.3, -0.25) is 0 Å². The van der Waals surface area contributed by atoms with E-state index in [4.69, 9.17) is 0 Å². The van der Waals surface area contributed by atoms with Crippen molar-refractivity contribution in [1.82, 2.24) is 10.6 Å². The second-order valence-corrected chi connectivity index (χ2v) is 5.25. The Kier molecular flexibility index (Phi) is 5.51. The minimum atomic E-state index is -0.295. The first-order valence-electron chi connectivity index (χ1n) is 6.34. The summed E-state index contributed by atoms with van der Waals surface area (Å²) in [6, 6.07) is 13.4. The van der Waals surface area contributed by atoms with Crippen molar-refractivity contribution in [3.05, 3.63) is 76.1 Å². The Labute approximate surface area is 131 Å². The highest BCUT2D eigenvalue weighted by molar-refractivity contribution is 9.10. The molecule has 3 nitrogen and oxygen atoms in total. The fraction of sp³-hybridized carbons (Fsp3) is 0.0625. The molecule has 2 aromatic rings. The van der Waals surface area contributed by atoms with Gasteiger partial charge in [-0.2, -0.15) is 0 Å². The Balaban J connectivity index is 1.77. The maximum Gasteiger partial charge on any atom is 0.319 e. The topological polar surface area (TPSA) is 41.1 Å². The number of carbonyl (C=O) groups is 1. The molecule has 2 N–H and O–H groups in total. The molecule has 0 fully saturated rings. The van der Waals surface area contributed by atoms with Crippen molar-refractivity contribution in [3.8, 4) is 0 Å². The third-order valence-electron chi connectivity index (χ3n) is 2.73. The van der Waals surface area contributed by atoms with Gasteiger partial charge in [0, 0.05) is 17.2 Å². The Hall–Kier alpha value is -2.14. The molecule has 108 valence electrons. The average molecular weight is 349 g/mol.